The van der Waals surface area contributed by atoms with Crippen LogP contribution in [-0.2, 0) is 4.79 Å². The van der Waals surface area contributed by atoms with E-state index in [0.717, 1.165) is 6.20 Å². The summed E-state index contributed by atoms with van der Waals surface area (Å²) in [6, 6.07) is 3.95. The van der Waals surface area contributed by atoms with Crippen LogP contribution in [0.15, 0.2) is 35.5 Å². The summed E-state index contributed by atoms with van der Waals surface area (Å²) >= 11 is 0. The molecule has 7 nitrogen and oxygen atoms in total. The summed E-state index contributed by atoms with van der Waals surface area (Å²) in [4.78, 5) is 18.4. The molecule has 2 aromatic rings. The average molecular weight is 497 g/mol. The fourth-order valence-electron chi connectivity index (χ4n) is 3.73. The summed E-state index contributed by atoms with van der Waals surface area (Å²) in [6.45, 7) is 6.82. The predicted molar refractivity (Wildman–Crippen MR) is 127 cm³/mol. The van der Waals surface area contributed by atoms with Gasteiger partial charge >= 0.3 is 0 Å². The molecule has 0 radical (unpaired) electrons. The summed E-state index contributed by atoms with van der Waals surface area (Å²) < 4.78 is 38.5. The number of rotatable bonds is 4. The summed E-state index contributed by atoms with van der Waals surface area (Å²) in [6.07, 6.45) is 3.13. The Balaban J connectivity index is 0.00000240. The molecule has 0 spiro atoms. The molecule has 1 aliphatic heterocycles. The third-order valence-corrected chi connectivity index (χ3v) is 7.55. The molecule has 2 heterocycles. The van der Waals surface area contributed by atoms with Gasteiger partial charge in [0.25, 0.3) is 0 Å². The third kappa shape index (κ3) is 5.60. The largest absolute Gasteiger partial charge is 0.340 e. The van der Waals surface area contributed by atoms with Gasteiger partial charge in [-0.1, -0.05) is 26.0 Å². The first-order chi connectivity index (χ1) is 13.6. The molecule has 0 saturated carbocycles. The smallest absolute Gasteiger partial charge is 0.239 e. The van der Waals surface area contributed by atoms with Gasteiger partial charge in [0.2, 0.25) is 5.91 Å². The normalized spacial score (nSPS) is 19.4. The van der Waals surface area contributed by atoms with E-state index in [1.165, 1.54) is 12.3 Å². The molecule has 1 aliphatic rings. The second kappa shape index (κ2) is 11.1. The predicted octanol–water partition coefficient (Wildman–Crippen LogP) is 4.15. The van der Waals surface area contributed by atoms with Crippen LogP contribution in [0, 0.1) is 11.7 Å². The number of carbonyl (C=O) groups excluding carboxylic acids is 1. The van der Waals surface area contributed by atoms with E-state index >= 15 is 0 Å². The van der Waals surface area contributed by atoms with Crippen molar-refractivity contribution in [2.45, 2.75) is 44.2 Å². The van der Waals surface area contributed by atoms with E-state index in [1.807, 2.05) is 20.8 Å². The SMILES string of the molecule is CC(C)[C@H](N)C(=O)N1CCCN(S(O)(O)c2cccc3cncc(F)c23)[C@@H](C)C1.Cl.Cl. The highest BCUT2D eigenvalue weighted by Gasteiger charge is 2.36. The summed E-state index contributed by atoms with van der Waals surface area (Å²) in [5.74, 6) is -0.711. The summed E-state index contributed by atoms with van der Waals surface area (Å²) in [7, 11) is -3.47. The molecule has 3 rings (SSSR count). The Kier molecular flexibility index (Phi) is 9.96. The van der Waals surface area contributed by atoms with Gasteiger partial charge in [-0.25, -0.2) is 4.39 Å². The zero-order chi connectivity index (χ0) is 21.3. The Labute approximate surface area is 196 Å². The van der Waals surface area contributed by atoms with Crippen molar-refractivity contribution in [2.75, 3.05) is 19.6 Å². The molecule has 1 fully saturated rings. The molecule has 11 heteroatoms. The number of nitrogens with two attached hydrogens (primary N) is 1. The van der Waals surface area contributed by atoms with Crippen LogP contribution in [0.4, 0.5) is 4.39 Å². The number of benzene rings is 1. The van der Waals surface area contributed by atoms with Gasteiger partial charge in [0.15, 0.2) is 5.82 Å². The standard InChI is InChI=1S/C20H29FN4O3S.2ClH/c1-13(2)19(22)20(26)24-8-5-9-25(14(3)12-24)29(27,28)17-7-4-6-15-10-23-11-16(21)18(15)17;;/h4,6-7,10-11,13-14,19,27-28H,5,8-9,12,22H2,1-3H3;2*1H/t14-,19-;;/m0../s1. The van der Waals surface area contributed by atoms with Crippen molar-refractivity contribution in [2.24, 2.45) is 11.7 Å². The number of hydrogen-bond acceptors (Lipinski definition) is 6. The van der Waals surface area contributed by atoms with Crippen LogP contribution < -0.4 is 5.73 Å². The number of nitrogens with zero attached hydrogens (tertiary/aromatic N) is 3. The number of halogens is 3. The van der Waals surface area contributed by atoms with Crippen molar-refractivity contribution in [1.29, 1.82) is 0 Å². The van der Waals surface area contributed by atoms with Crippen LogP contribution in [-0.4, -0.2) is 60.9 Å². The Hall–Kier alpha value is -1.20. The molecule has 1 amide bonds. The Bertz CT molecular complexity index is 901. The molecular formula is C20H31Cl2FN4O3S. The second-order valence-electron chi connectivity index (χ2n) is 7.89. The van der Waals surface area contributed by atoms with E-state index in [0.29, 0.717) is 31.4 Å². The molecule has 1 aromatic carbocycles. The lowest BCUT2D eigenvalue weighted by molar-refractivity contribution is -0.133. The van der Waals surface area contributed by atoms with Crippen molar-refractivity contribution in [3.05, 3.63) is 36.4 Å². The fraction of sp³-hybridized carbons (Fsp3) is 0.500. The van der Waals surface area contributed by atoms with Crippen LogP contribution in [0.2, 0.25) is 0 Å². The highest BCUT2D eigenvalue weighted by Crippen LogP contribution is 2.55. The minimum Gasteiger partial charge on any atom is -0.340 e. The number of hydrogen-bond donors (Lipinski definition) is 3. The lowest BCUT2D eigenvalue weighted by Crippen LogP contribution is -2.49. The fourth-order valence-corrected chi connectivity index (χ4v) is 5.68. The molecule has 1 aromatic heterocycles. The monoisotopic (exact) mass is 496 g/mol. The first-order valence-electron chi connectivity index (χ1n) is 9.76. The van der Waals surface area contributed by atoms with Crippen LogP contribution >= 0.6 is 35.6 Å². The van der Waals surface area contributed by atoms with Gasteiger partial charge in [-0.05, 0) is 25.3 Å². The number of carbonyl (C=O) groups is 1. The van der Waals surface area contributed by atoms with Crippen LogP contribution in [0.5, 0.6) is 0 Å². The van der Waals surface area contributed by atoms with Gasteiger partial charge in [-0.2, -0.15) is 4.31 Å². The highest BCUT2D eigenvalue weighted by molar-refractivity contribution is 8.22. The Morgan fingerprint density at radius 3 is 2.58 bits per heavy atom. The van der Waals surface area contributed by atoms with Gasteiger partial charge in [0, 0.05) is 42.6 Å². The maximum absolute atomic E-state index is 14.5. The zero-order valence-electron chi connectivity index (χ0n) is 17.8. The quantitative estimate of drug-likeness (QED) is 0.587. The first kappa shape index (κ1) is 27.8. The number of aromatic nitrogens is 1. The number of fused-ring (bicyclic) bond motifs is 1. The molecular weight excluding hydrogens is 466 g/mol. The topological polar surface area (TPSA) is 103 Å². The van der Waals surface area contributed by atoms with Gasteiger partial charge in [-0.3, -0.25) is 18.9 Å². The van der Waals surface area contributed by atoms with E-state index < -0.39 is 22.6 Å². The third-order valence-electron chi connectivity index (χ3n) is 5.42. The molecule has 1 saturated heterocycles. The second-order valence-corrected chi connectivity index (χ2v) is 9.84. The first-order valence-corrected chi connectivity index (χ1v) is 11.3. The maximum atomic E-state index is 14.5. The van der Waals surface area contributed by atoms with Crippen molar-refractivity contribution < 1.29 is 18.3 Å². The van der Waals surface area contributed by atoms with Gasteiger partial charge in [0.05, 0.1) is 17.1 Å². The molecule has 176 valence electrons. The Morgan fingerprint density at radius 2 is 1.94 bits per heavy atom. The van der Waals surface area contributed by atoms with Crippen molar-refractivity contribution in [3.8, 4) is 0 Å². The van der Waals surface area contributed by atoms with Crippen LogP contribution in [0.3, 0.4) is 0 Å². The lowest BCUT2D eigenvalue weighted by Gasteiger charge is -2.46. The van der Waals surface area contributed by atoms with E-state index in [2.05, 4.69) is 4.98 Å². The highest BCUT2D eigenvalue weighted by atomic mass is 35.5. The number of amides is 1. The summed E-state index contributed by atoms with van der Waals surface area (Å²) in [5, 5.41) is 0.665. The maximum Gasteiger partial charge on any atom is 0.239 e. The van der Waals surface area contributed by atoms with Crippen LogP contribution in [0.1, 0.15) is 27.2 Å². The minimum atomic E-state index is -3.47. The van der Waals surface area contributed by atoms with Crippen LogP contribution in [0.25, 0.3) is 10.8 Å². The van der Waals surface area contributed by atoms with Gasteiger partial charge in [0.1, 0.15) is 0 Å². The van der Waals surface area contributed by atoms with Crippen molar-refractivity contribution in [1.82, 2.24) is 14.2 Å². The Morgan fingerprint density at radius 1 is 1.26 bits per heavy atom. The molecule has 31 heavy (non-hydrogen) atoms. The van der Waals surface area contributed by atoms with Crippen molar-refractivity contribution >= 4 is 52.3 Å². The lowest BCUT2D eigenvalue weighted by atomic mass is 10.0. The van der Waals surface area contributed by atoms with Gasteiger partial charge in [-0.15, -0.1) is 35.6 Å². The molecule has 4 N–H and O–H groups in total. The summed E-state index contributed by atoms with van der Waals surface area (Å²) in [5.41, 5.74) is 6.03. The van der Waals surface area contributed by atoms with Crippen molar-refractivity contribution in [3.63, 3.8) is 0 Å². The molecule has 0 aliphatic carbocycles. The molecule has 2 atom stereocenters. The van der Waals surface area contributed by atoms with E-state index in [1.54, 1.807) is 21.3 Å². The van der Waals surface area contributed by atoms with E-state index in [-0.39, 0.29) is 53.0 Å². The number of pyridine rings is 1. The molecule has 0 unspecified atom stereocenters. The van der Waals surface area contributed by atoms with E-state index in [4.69, 9.17) is 5.73 Å². The average Bonchev–Trinajstić information content (AvgIpc) is 2.88. The van der Waals surface area contributed by atoms with E-state index in [9.17, 15) is 18.3 Å². The minimum absolute atomic E-state index is 0. The molecule has 0 bridgehead atoms. The van der Waals surface area contributed by atoms with Gasteiger partial charge < -0.3 is 10.6 Å². The zero-order valence-corrected chi connectivity index (χ0v) is 20.2.